The molecule has 1 N–H and O–H groups in total. The fraction of sp³-hybridized carbons (Fsp3) is 0.440. The molecule has 34 heavy (non-hydrogen) atoms. The van der Waals surface area contributed by atoms with E-state index in [1.54, 1.807) is 6.92 Å². The number of amides is 2. The lowest BCUT2D eigenvalue weighted by atomic mass is 10.1. The SMILES string of the molecule is C[C@H](C(=O)NC[C@H]1CCCO1)N(Cc1ccccc1)C(=O)CN(Cc1ccccc1)S(C)(=O)=O. The molecule has 2 aromatic rings. The van der Waals surface area contributed by atoms with E-state index in [1.807, 2.05) is 60.7 Å². The first-order valence-corrected chi connectivity index (χ1v) is 13.3. The van der Waals surface area contributed by atoms with Crippen LogP contribution in [0.3, 0.4) is 0 Å². The van der Waals surface area contributed by atoms with Crippen LogP contribution in [0.2, 0.25) is 0 Å². The fourth-order valence-electron chi connectivity index (χ4n) is 3.85. The first-order valence-electron chi connectivity index (χ1n) is 11.5. The molecule has 1 heterocycles. The molecule has 1 aliphatic heterocycles. The molecule has 3 rings (SSSR count). The summed E-state index contributed by atoms with van der Waals surface area (Å²) in [6.45, 7) is 2.65. The van der Waals surface area contributed by atoms with Gasteiger partial charge in [0.2, 0.25) is 21.8 Å². The number of benzene rings is 2. The number of carbonyl (C=O) groups is 2. The topological polar surface area (TPSA) is 96.0 Å². The van der Waals surface area contributed by atoms with Gasteiger partial charge in [0.25, 0.3) is 0 Å². The molecule has 2 atom stereocenters. The number of sulfonamides is 1. The van der Waals surface area contributed by atoms with Gasteiger partial charge in [-0.15, -0.1) is 0 Å². The van der Waals surface area contributed by atoms with Crippen LogP contribution in [0.4, 0.5) is 0 Å². The number of hydrogen-bond donors (Lipinski definition) is 1. The number of nitrogens with zero attached hydrogens (tertiary/aromatic N) is 2. The average molecular weight is 488 g/mol. The normalized spacial score (nSPS) is 16.9. The summed E-state index contributed by atoms with van der Waals surface area (Å²) in [5.41, 5.74) is 1.63. The van der Waals surface area contributed by atoms with Gasteiger partial charge in [-0.05, 0) is 30.9 Å². The molecule has 0 saturated carbocycles. The Balaban J connectivity index is 1.75. The van der Waals surface area contributed by atoms with Crippen molar-refractivity contribution in [2.75, 3.05) is 26.0 Å². The number of nitrogens with one attached hydrogen (secondary N) is 1. The molecule has 0 radical (unpaired) electrons. The molecule has 8 nitrogen and oxygen atoms in total. The van der Waals surface area contributed by atoms with Gasteiger partial charge < -0.3 is 15.0 Å². The van der Waals surface area contributed by atoms with Crippen LogP contribution in [0.15, 0.2) is 60.7 Å². The molecule has 0 spiro atoms. The van der Waals surface area contributed by atoms with Crippen LogP contribution in [0.25, 0.3) is 0 Å². The minimum atomic E-state index is -3.66. The van der Waals surface area contributed by atoms with E-state index >= 15 is 0 Å². The maximum atomic E-state index is 13.4. The van der Waals surface area contributed by atoms with Crippen molar-refractivity contribution in [3.8, 4) is 0 Å². The van der Waals surface area contributed by atoms with Crippen molar-refractivity contribution in [2.45, 2.75) is 45.0 Å². The van der Waals surface area contributed by atoms with Gasteiger partial charge in [0, 0.05) is 26.2 Å². The highest BCUT2D eigenvalue weighted by Crippen LogP contribution is 2.14. The molecule has 0 aliphatic carbocycles. The zero-order chi connectivity index (χ0) is 24.6. The second kappa shape index (κ2) is 12.1. The number of ether oxygens (including phenoxy) is 1. The second-order valence-corrected chi connectivity index (χ2v) is 10.6. The summed E-state index contributed by atoms with van der Waals surface area (Å²) in [5.74, 6) is -0.737. The van der Waals surface area contributed by atoms with Crippen LogP contribution in [-0.2, 0) is 37.4 Å². The summed E-state index contributed by atoms with van der Waals surface area (Å²) in [5, 5.41) is 2.88. The van der Waals surface area contributed by atoms with Gasteiger partial charge in [-0.1, -0.05) is 60.7 Å². The minimum Gasteiger partial charge on any atom is -0.376 e. The molecular formula is C25H33N3O5S. The summed E-state index contributed by atoms with van der Waals surface area (Å²) >= 11 is 0. The smallest absolute Gasteiger partial charge is 0.242 e. The van der Waals surface area contributed by atoms with Crippen molar-refractivity contribution in [1.29, 1.82) is 0 Å². The monoisotopic (exact) mass is 487 g/mol. The van der Waals surface area contributed by atoms with Crippen LogP contribution < -0.4 is 5.32 Å². The largest absolute Gasteiger partial charge is 0.376 e. The molecule has 9 heteroatoms. The van der Waals surface area contributed by atoms with E-state index in [-0.39, 0.29) is 31.6 Å². The summed E-state index contributed by atoms with van der Waals surface area (Å²) in [6, 6.07) is 17.7. The third-order valence-corrected chi connectivity index (χ3v) is 7.07. The van der Waals surface area contributed by atoms with Crippen molar-refractivity contribution >= 4 is 21.8 Å². The fourth-order valence-corrected chi connectivity index (χ4v) is 4.58. The van der Waals surface area contributed by atoms with Crippen LogP contribution in [0, 0.1) is 0 Å². The van der Waals surface area contributed by atoms with Crippen molar-refractivity contribution in [3.63, 3.8) is 0 Å². The number of hydrogen-bond acceptors (Lipinski definition) is 5. The van der Waals surface area contributed by atoms with Crippen LogP contribution in [-0.4, -0.2) is 67.5 Å². The van der Waals surface area contributed by atoms with Gasteiger partial charge in [-0.3, -0.25) is 9.59 Å². The Morgan fingerprint density at radius 1 is 1.03 bits per heavy atom. The molecular weight excluding hydrogens is 454 g/mol. The van der Waals surface area contributed by atoms with E-state index in [4.69, 9.17) is 4.74 Å². The van der Waals surface area contributed by atoms with Crippen LogP contribution in [0.1, 0.15) is 30.9 Å². The quantitative estimate of drug-likeness (QED) is 0.524. The van der Waals surface area contributed by atoms with Gasteiger partial charge in [-0.25, -0.2) is 8.42 Å². The first-order chi connectivity index (χ1) is 16.2. The van der Waals surface area contributed by atoms with Crippen molar-refractivity contribution < 1.29 is 22.7 Å². The molecule has 2 amide bonds. The van der Waals surface area contributed by atoms with E-state index in [2.05, 4.69) is 5.32 Å². The van der Waals surface area contributed by atoms with E-state index in [9.17, 15) is 18.0 Å². The number of rotatable bonds is 11. The van der Waals surface area contributed by atoms with Crippen LogP contribution >= 0.6 is 0 Å². The van der Waals surface area contributed by atoms with Gasteiger partial charge in [0.05, 0.1) is 18.9 Å². The van der Waals surface area contributed by atoms with Gasteiger partial charge in [-0.2, -0.15) is 4.31 Å². The van der Waals surface area contributed by atoms with E-state index in [1.165, 1.54) is 4.90 Å². The van der Waals surface area contributed by atoms with Crippen molar-refractivity contribution in [3.05, 3.63) is 71.8 Å². The predicted octanol–water partition coefficient (Wildman–Crippen LogP) is 2.16. The lowest BCUT2D eigenvalue weighted by molar-refractivity contribution is -0.141. The molecule has 1 aliphatic rings. The molecule has 1 fully saturated rings. The van der Waals surface area contributed by atoms with Gasteiger partial charge in [0.1, 0.15) is 6.04 Å². The second-order valence-electron chi connectivity index (χ2n) is 8.58. The van der Waals surface area contributed by atoms with Gasteiger partial charge in [0.15, 0.2) is 0 Å². The van der Waals surface area contributed by atoms with Crippen molar-refractivity contribution in [1.82, 2.24) is 14.5 Å². The highest BCUT2D eigenvalue weighted by molar-refractivity contribution is 7.88. The maximum Gasteiger partial charge on any atom is 0.242 e. The Hall–Kier alpha value is -2.75. The van der Waals surface area contributed by atoms with Crippen molar-refractivity contribution in [2.24, 2.45) is 0 Å². The van der Waals surface area contributed by atoms with E-state index < -0.39 is 22.0 Å². The average Bonchev–Trinajstić information content (AvgIpc) is 3.34. The Morgan fingerprint density at radius 2 is 1.62 bits per heavy atom. The Labute approximate surface area is 201 Å². The van der Waals surface area contributed by atoms with E-state index in [0.29, 0.717) is 13.2 Å². The summed E-state index contributed by atoms with van der Waals surface area (Å²) in [7, 11) is -3.66. The third kappa shape index (κ3) is 7.65. The predicted molar refractivity (Wildman–Crippen MR) is 130 cm³/mol. The molecule has 2 aromatic carbocycles. The Kier molecular flexibility index (Phi) is 9.20. The third-order valence-electron chi connectivity index (χ3n) is 5.87. The molecule has 1 saturated heterocycles. The summed E-state index contributed by atoms with van der Waals surface area (Å²) < 4.78 is 31.6. The van der Waals surface area contributed by atoms with Crippen LogP contribution in [0.5, 0.6) is 0 Å². The lowest BCUT2D eigenvalue weighted by Crippen LogP contribution is -2.51. The standard InChI is InChI=1S/C25H33N3O5S/c1-20(25(30)26-16-23-14-9-15-33-23)28(18-22-12-7-4-8-13-22)24(29)19-27(34(2,31)32)17-21-10-5-3-6-11-21/h3-8,10-13,20,23H,9,14-19H2,1-2H3,(H,26,30)/t20-,23-/m1/s1. The molecule has 0 aromatic heterocycles. The number of carbonyl (C=O) groups excluding carboxylic acids is 2. The Bertz CT molecular complexity index is 1040. The maximum absolute atomic E-state index is 13.4. The zero-order valence-electron chi connectivity index (χ0n) is 19.7. The Morgan fingerprint density at radius 3 is 2.15 bits per heavy atom. The highest BCUT2D eigenvalue weighted by Gasteiger charge is 2.30. The summed E-state index contributed by atoms with van der Waals surface area (Å²) in [6.07, 6.45) is 2.94. The van der Waals surface area contributed by atoms with Gasteiger partial charge >= 0.3 is 0 Å². The molecule has 184 valence electrons. The minimum absolute atomic E-state index is 0.0129. The molecule has 0 unspecified atom stereocenters. The lowest BCUT2D eigenvalue weighted by Gasteiger charge is -2.31. The first kappa shape index (κ1) is 25.9. The molecule has 0 bridgehead atoms. The van der Waals surface area contributed by atoms with E-state index in [0.717, 1.165) is 34.5 Å². The highest BCUT2D eigenvalue weighted by atomic mass is 32.2. The summed E-state index contributed by atoms with van der Waals surface area (Å²) in [4.78, 5) is 27.8. The zero-order valence-corrected chi connectivity index (χ0v) is 20.5.